The summed E-state index contributed by atoms with van der Waals surface area (Å²) in [7, 11) is -2.86. The van der Waals surface area contributed by atoms with E-state index in [2.05, 4.69) is 9.88 Å². The first-order valence-corrected chi connectivity index (χ1v) is 8.61. The number of nitrogens with two attached hydrogens (primary N) is 1. The molecule has 5 nitrogen and oxygen atoms in total. The molecule has 0 amide bonds. The predicted octanol–water partition coefficient (Wildman–Crippen LogP) is 0.888. The number of pyridine rings is 1. The third-order valence-electron chi connectivity index (χ3n) is 3.65. The van der Waals surface area contributed by atoms with Crippen molar-refractivity contribution in [1.82, 2.24) is 9.88 Å². The van der Waals surface area contributed by atoms with Crippen LogP contribution < -0.4 is 5.73 Å². The fourth-order valence-corrected chi connectivity index (χ4v) is 3.03. The summed E-state index contributed by atoms with van der Waals surface area (Å²) in [5.74, 6) is 1.32. The molecule has 1 fully saturated rings. The molecule has 1 aromatic rings. The molecule has 0 spiro atoms. The first-order valence-electron chi connectivity index (χ1n) is 6.55. The predicted molar refractivity (Wildman–Crippen MR) is 76.8 cm³/mol. The maximum Gasteiger partial charge on any atom is 0.148 e. The Kier molecular flexibility index (Phi) is 4.42. The number of aromatic nitrogens is 1. The van der Waals surface area contributed by atoms with Crippen LogP contribution in [0.2, 0.25) is 0 Å². The average molecular weight is 283 g/mol. The number of sulfone groups is 1. The number of likely N-dealkylation sites (tertiary alicyclic amines) is 1. The minimum Gasteiger partial charge on any atom is -0.384 e. The number of nitrogens with zero attached hydrogens (tertiary/aromatic N) is 2. The van der Waals surface area contributed by atoms with Crippen molar-refractivity contribution in [2.45, 2.75) is 18.8 Å². The highest BCUT2D eigenvalue weighted by Gasteiger charge is 2.21. The van der Waals surface area contributed by atoms with Crippen molar-refractivity contribution in [2.24, 2.45) is 0 Å². The molecule has 0 saturated carbocycles. The van der Waals surface area contributed by atoms with E-state index in [1.165, 1.54) is 11.8 Å². The molecule has 0 aromatic carbocycles. The van der Waals surface area contributed by atoms with Gasteiger partial charge in [0.25, 0.3) is 0 Å². The van der Waals surface area contributed by atoms with Crippen molar-refractivity contribution in [3.63, 3.8) is 0 Å². The number of anilines is 1. The number of nitrogen functional groups attached to an aromatic ring is 1. The Morgan fingerprint density at radius 2 is 2.05 bits per heavy atom. The molecular weight excluding hydrogens is 262 g/mol. The van der Waals surface area contributed by atoms with E-state index in [0.717, 1.165) is 25.9 Å². The molecule has 0 unspecified atom stereocenters. The lowest BCUT2D eigenvalue weighted by molar-refractivity contribution is 0.223. The lowest BCUT2D eigenvalue weighted by atomic mass is 9.90. The lowest BCUT2D eigenvalue weighted by Crippen LogP contribution is -2.36. The van der Waals surface area contributed by atoms with Gasteiger partial charge in [-0.25, -0.2) is 13.4 Å². The van der Waals surface area contributed by atoms with Gasteiger partial charge in [0.15, 0.2) is 0 Å². The molecule has 0 radical (unpaired) electrons. The molecular formula is C13H21N3O2S. The highest BCUT2D eigenvalue weighted by molar-refractivity contribution is 7.90. The second-order valence-corrected chi connectivity index (χ2v) is 7.52. The number of piperidine rings is 1. The van der Waals surface area contributed by atoms with Gasteiger partial charge in [-0.2, -0.15) is 0 Å². The maximum absolute atomic E-state index is 11.1. The lowest BCUT2D eigenvalue weighted by Gasteiger charge is -2.31. The zero-order valence-electron chi connectivity index (χ0n) is 11.2. The van der Waals surface area contributed by atoms with Crippen LogP contribution in [0.4, 0.5) is 5.82 Å². The van der Waals surface area contributed by atoms with Gasteiger partial charge in [-0.15, -0.1) is 0 Å². The van der Waals surface area contributed by atoms with Crippen LogP contribution >= 0.6 is 0 Å². The van der Waals surface area contributed by atoms with E-state index in [0.29, 0.717) is 18.3 Å². The Balaban J connectivity index is 1.84. The molecule has 0 aliphatic carbocycles. The third-order valence-corrected chi connectivity index (χ3v) is 4.57. The van der Waals surface area contributed by atoms with Crippen LogP contribution in [0.15, 0.2) is 18.3 Å². The van der Waals surface area contributed by atoms with Crippen molar-refractivity contribution in [1.29, 1.82) is 0 Å². The van der Waals surface area contributed by atoms with Crippen LogP contribution in [0, 0.1) is 0 Å². The number of hydrogen-bond acceptors (Lipinski definition) is 5. The normalized spacial score (nSPS) is 18.6. The molecule has 106 valence electrons. The van der Waals surface area contributed by atoms with Crippen LogP contribution in [0.3, 0.4) is 0 Å². The summed E-state index contributed by atoms with van der Waals surface area (Å²) in [4.78, 5) is 6.35. The first kappa shape index (κ1) is 14.3. The molecule has 1 saturated heterocycles. The maximum atomic E-state index is 11.1. The Labute approximate surface area is 114 Å². The summed E-state index contributed by atoms with van der Waals surface area (Å²) in [6, 6.07) is 3.88. The van der Waals surface area contributed by atoms with Crippen molar-refractivity contribution in [2.75, 3.05) is 37.4 Å². The molecule has 0 atom stereocenters. The monoisotopic (exact) mass is 283 g/mol. The van der Waals surface area contributed by atoms with Crippen LogP contribution in [-0.4, -0.2) is 49.9 Å². The average Bonchev–Trinajstić information content (AvgIpc) is 2.37. The topological polar surface area (TPSA) is 76.3 Å². The quantitative estimate of drug-likeness (QED) is 0.888. The fraction of sp³-hybridized carbons (Fsp3) is 0.615. The minimum absolute atomic E-state index is 0.251. The smallest absolute Gasteiger partial charge is 0.148 e. The van der Waals surface area contributed by atoms with E-state index >= 15 is 0 Å². The summed E-state index contributed by atoms with van der Waals surface area (Å²) in [5, 5.41) is 0. The van der Waals surface area contributed by atoms with E-state index in [9.17, 15) is 8.42 Å². The summed E-state index contributed by atoms with van der Waals surface area (Å²) < 4.78 is 22.3. The summed E-state index contributed by atoms with van der Waals surface area (Å²) in [6.07, 6.45) is 5.25. The minimum atomic E-state index is -2.86. The SMILES string of the molecule is CS(=O)(=O)CCN1CCC(c2ccc(N)nc2)CC1. The second-order valence-electron chi connectivity index (χ2n) is 5.26. The Hall–Kier alpha value is -1.14. The van der Waals surface area contributed by atoms with Crippen LogP contribution in [-0.2, 0) is 9.84 Å². The number of hydrogen-bond donors (Lipinski definition) is 1. The molecule has 1 aromatic heterocycles. The van der Waals surface area contributed by atoms with Crippen molar-refractivity contribution in [3.05, 3.63) is 23.9 Å². The van der Waals surface area contributed by atoms with Crippen molar-refractivity contribution < 1.29 is 8.42 Å². The Morgan fingerprint density at radius 3 is 2.58 bits per heavy atom. The molecule has 1 aliphatic heterocycles. The standard InChI is InChI=1S/C13H21N3O2S/c1-19(17,18)9-8-16-6-4-11(5-7-16)12-2-3-13(14)15-10-12/h2-3,10-11H,4-9H2,1H3,(H2,14,15). The number of rotatable bonds is 4. The van der Waals surface area contributed by atoms with Gasteiger partial charge in [-0.05, 0) is 43.5 Å². The van der Waals surface area contributed by atoms with E-state index in [1.807, 2.05) is 18.3 Å². The van der Waals surface area contributed by atoms with E-state index < -0.39 is 9.84 Å². The third kappa shape index (κ3) is 4.47. The van der Waals surface area contributed by atoms with Gasteiger partial charge < -0.3 is 10.6 Å². The van der Waals surface area contributed by atoms with Gasteiger partial charge in [-0.3, -0.25) is 0 Å². The summed E-state index contributed by atoms with van der Waals surface area (Å²) >= 11 is 0. The van der Waals surface area contributed by atoms with Crippen LogP contribution in [0.5, 0.6) is 0 Å². The molecule has 2 N–H and O–H groups in total. The fourth-order valence-electron chi connectivity index (χ4n) is 2.44. The van der Waals surface area contributed by atoms with Crippen LogP contribution in [0.1, 0.15) is 24.3 Å². The molecule has 2 rings (SSSR count). The van der Waals surface area contributed by atoms with Gasteiger partial charge in [-0.1, -0.05) is 6.07 Å². The van der Waals surface area contributed by atoms with Crippen molar-refractivity contribution in [3.8, 4) is 0 Å². The Bertz CT molecular complexity index is 505. The first-order chi connectivity index (χ1) is 8.94. The van der Waals surface area contributed by atoms with Crippen LogP contribution in [0.25, 0.3) is 0 Å². The molecule has 1 aliphatic rings. The second kappa shape index (κ2) is 5.88. The van der Waals surface area contributed by atoms with E-state index in [-0.39, 0.29) is 5.75 Å². The van der Waals surface area contributed by atoms with Gasteiger partial charge in [0, 0.05) is 19.0 Å². The zero-order valence-corrected chi connectivity index (χ0v) is 12.1. The molecule has 6 heteroatoms. The highest BCUT2D eigenvalue weighted by Crippen LogP contribution is 2.27. The van der Waals surface area contributed by atoms with Crippen molar-refractivity contribution >= 4 is 15.7 Å². The highest BCUT2D eigenvalue weighted by atomic mass is 32.2. The van der Waals surface area contributed by atoms with Gasteiger partial charge >= 0.3 is 0 Å². The summed E-state index contributed by atoms with van der Waals surface area (Å²) in [6.45, 7) is 2.54. The van der Waals surface area contributed by atoms with E-state index in [1.54, 1.807) is 0 Å². The van der Waals surface area contributed by atoms with Gasteiger partial charge in [0.1, 0.15) is 15.7 Å². The van der Waals surface area contributed by atoms with Gasteiger partial charge in [0.2, 0.25) is 0 Å². The van der Waals surface area contributed by atoms with E-state index in [4.69, 9.17) is 5.73 Å². The Morgan fingerprint density at radius 1 is 1.37 bits per heavy atom. The molecule has 19 heavy (non-hydrogen) atoms. The zero-order chi connectivity index (χ0) is 13.9. The van der Waals surface area contributed by atoms with Gasteiger partial charge in [0.05, 0.1) is 5.75 Å². The molecule has 2 heterocycles. The molecule has 0 bridgehead atoms. The largest absolute Gasteiger partial charge is 0.384 e. The summed E-state index contributed by atoms with van der Waals surface area (Å²) in [5.41, 5.74) is 6.82.